The molecule has 2 saturated heterocycles. The average Bonchev–Trinajstić information content (AvgIpc) is 2.56. The maximum absolute atomic E-state index is 12.7. The number of morpholine rings is 1. The van der Waals surface area contributed by atoms with Crippen molar-refractivity contribution >= 4 is 15.8 Å². The van der Waals surface area contributed by atoms with E-state index >= 15 is 0 Å². The molecule has 0 spiro atoms. The average molecular weight is 325 g/mol. The van der Waals surface area contributed by atoms with Crippen LogP contribution in [0.4, 0.5) is 5.82 Å². The first-order valence-electron chi connectivity index (χ1n) is 7.86. The van der Waals surface area contributed by atoms with Crippen molar-refractivity contribution < 1.29 is 13.2 Å². The Morgan fingerprint density at radius 2 is 2.00 bits per heavy atom. The van der Waals surface area contributed by atoms with Gasteiger partial charge in [0.2, 0.25) is 10.0 Å². The van der Waals surface area contributed by atoms with Gasteiger partial charge in [-0.2, -0.15) is 4.31 Å². The topological polar surface area (TPSA) is 62.7 Å². The summed E-state index contributed by atoms with van der Waals surface area (Å²) < 4.78 is 32.3. The first-order chi connectivity index (χ1) is 10.6. The Labute approximate surface area is 132 Å². The van der Waals surface area contributed by atoms with Gasteiger partial charge in [0.05, 0.1) is 13.2 Å². The number of pyridine rings is 1. The van der Waals surface area contributed by atoms with E-state index in [1.807, 2.05) is 0 Å². The maximum atomic E-state index is 12.7. The van der Waals surface area contributed by atoms with E-state index in [-0.39, 0.29) is 0 Å². The highest BCUT2D eigenvalue weighted by Crippen LogP contribution is 2.24. The standard InChI is InChI=1S/C15H23N3O3S/c1-13-3-2-6-18(12-13)22(19,20)14-4-5-15(16-11-14)17-7-9-21-10-8-17/h4-5,11,13H,2-3,6-10,12H2,1H3/t13-/m1/s1. The lowest BCUT2D eigenvalue weighted by atomic mass is 10.0. The summed E-state index contributed by atoms with van der Waals surface area (Å²) in [6.45, 7) is 6.28. The molecule has 1 atom stereocenters. The van der Waals surface area contributed by atoms with Gasteiger partial charge < -0.3 is 9.64 Å². The second kappa shape index (κ2) is 6.52. The summed E-state index contributed by atoms with van der Waals surface area (Å²) >= 11 is 0. The SMILES string of the molecule is C[C@@H]1CCCN(S(=O)(=O)c2ccc(N3CCOCC3)nc2)C1. The highest BCUT2D eigenvalue weighted by atomic mass is 32.2. The van der Waals surface area contributed by atoms with Gasteiger partial charge in [0, 0.05) is 32.4 Å². The van der Waals surface area contributed by atoms with Gasteiger partial charge in [-0.25, -0.2) is 13.4 Å². The van der Waals surface area contributed by atoms with E-state index in [1.54, 1.807) is 16.4 Å². The third kappa shape index (κ3) is 3.26. The second-order valence-corrected chi connectivity index (χ2v) is 8.00. The quantitative estimate of drug-likeness (QED) is 0.839. The zero-order chi connectivity index (χ0) is 15.6. The van der Waals surface area contributed by atoms with Crippen LogP contribution in [0.5, 0.6) is 0 Å². The van der Waals surface area contributed by atoms with Crippen LogP contribution in [-0.4, -0.2) is 57.1 Å². The van der Waals surface area contributed by atoms with Crippen molar-refractivity contribution in [3.8, 4) is 0 Å². The number of anilines is 1. The molecule has 6 nitrogen and oxygen atoms in total. The van der Waals surface area contributed by atoms with Crippen LogP contribution in [0.1, 0.15) is 19.8 Å². The smallest absolute Gasteiger partial charge is 0.244 e. The third-order valence-electron chi connectivity index (χ3n) is 4.31. The van der Waals surface area contributed by atoms with E-state index in [0.717, 1.165) is 31.7 Å². The summed E-state index contributed by atoms with van der Waals surface area (Å²) in [7, 11) is -3.41. The lowest BCUT2D eigenvalue weighted by Gasteiger charge is -2.30. The van der Waals surface area contributed by atoms with Crippen molar-refractivity contribution in [1.29, 1.82) is 0 Å². The molecular formula is C15H23N3O3S. The molecule has 1 aromatic rings. The summed E-state index contributed by atoms with van der Waals surface area (Å²) in [4.78, 5) is 6.75. The summed E-state index contributed by atoms with van der Waals surface area (Å²) in [5.74, 6) is 1.23. The highest BCUT2D eigenvalue weighted by Gasteiger charge is 2.29. The normalized spacial score (nSPS) is 24.4. The number of sulfonamides is 1. The number of piperidine rings is 1. The van der Waals surface area contributed by atoms with Crippen LogP contribution >= 0.6 is 0 Å². The fraction of sp³-hybridized carbons (Fsp3) is 0.667. The molecule has 0 aliphatic carbocycles. The number of ether oxygens (including phenoxy) is 1. The van der Waals surface area contributed by atoms with Gasteiger partial charge in [-0.3, -0.25) is 0 Å². The Hall–Kier alpha value is -1.18. The number of hydrogen-bond donors (Lipinski definition) is 0. The number of aromatic nitrogens is 1. The van der Waals surface area contributed by atoms with Crippen LogP contribution in [0.3, 0.4) is 0 Å². The van der Waals surface area contributed by atoms with Gasteiger partial charge in [0.1, 0.15) is 10.7 Å². The highest BCUT2D eigenvalue weighted by molar-refractivity contribution is 7.89. The van der Waals surface area contributed by atoms with Gasteiger partial charge in [-0.05, 0) is 30.9 Å². The molecule has 22 heavy (non-hydrogen) atoms. The Bertz CT molecular complexity index is 597. The van der Waals surface area contributed by atoms with Crippen molar-refractivity contribution in [1.82, 2.24) is 9.29 Å². The maximum Gasteiger partial charge on any atom is 0.244 e. The van der Waals surface area contributed by atoms with E-state index in [1.165, 1.54) is 6.20 Å². The molecule has 0 bridgehead atoms. The number of hydrogen-bond acceptors (Lipinski definition) is 5. The lowest BCUT2D eigenvalue weighted by Crippen LogP contribution is -2.39. The van der Waals surface area contributed by atoms with Crippen LogP contribution in [0.25, 0.3) is 0 Å². The molecule has 7 heteroatoms. The molecule has 2 aliphatic heterocycles. The van der Waals surface area contributed by atoms with Crippen molar-refractivity contribution in [2.75, 3.05) is 44.3 Å². The molecule has 0 N–H and O–H groups in total. The van der Waals surface area contributed by atoms with E-state index in [0.29, 0.717) is 37.1 Å². The molecule has 0 unspecified atom stereocenters. The van der Waals surface area contributed by atoms with Crippen LogP contribution in [0.2, 0.25) is 0 Å². The zero-order valence-electron chi connectivity index (χ0n) is 12.9. The van der Waals surface area contributed by atoms with Crippen LogP contribution in [0, 0.1) is 5.92 Å². The van der Waals surface area contributed by atoms with E-state index in [4.69, 9.17) is 4.74 Å². The Morgan fingerprint density at radius 1 is 1.23 bits per heavy atom. The van der Waals surface area contributed by atoms with E-state index in [9.17, 15) is 8.42 Å². The molecule has 0 saturated carbocycles. The van der Waals surface area contributed by atoms with Gasteiger partial charge >= 0.3 is 0 Å². The molecule has 2 aliphatic rings. The summed E-state index contributed by atoms with van der Waals surface area (Å²) in [5.41, 5.74) is 0. The molecule has 3 heterocycles. The Balaban J connectivity index is 1.76. The van der Waals surface area contributed by atoms with Gasteiger partial charge in [0.25, 0.3) is 0 Å². The fourth-order valence-electron chi connectivity index (χ4n) is 3.02. The summed E-state index contributed by atoms with van der Waals surface area (Å²) in [6.07, 6.45) is 3.51. The Morgan fingerprint density at radius 3 is 2.64 bits per heavy atom. The van der Waals surface area contributed by atoms with Gasteiger partial charge in [-0.15, -0.1) is 0 Å². The molecular weight excluding hydrogens is 302 g/mol. The monoisotopic (exact) mass is 325 g/mol. The van der Waals surface area contributed by atoms with Gasteiger partial charge in [-0.1, -0.05) is 6.92 Å². The molecule has 2 fully saturated rings. The van der Waals surface area contributed by atoms with Crippen molar-refractivity contribution in [2.45, 2.75) is 24.7 Å². The van der Waals surface area contributed by atoms with Crippen LogP contribution in [-0.2, 0) is 14.8 Å². The molecule has 0 amide bonds. The van der Waals surface area contributed by atoms with Crippen LogP contribution in [0.15, 0.2) is 23.2 Å². The first kappa shape index (κ1) is 15.7. The minimum Gasteiger partial charge on any atom is -0.378 e. The molecule has 0 aromatic carbocycles. The number of nitrogens with zero attached hydrogens (tertiary/aromatic N) is 3. The minimum absolute atomic E-state index is 0.290. The predicted molar refractivity (Wildman–Crippen MR) is 84.4 cm³/mol. The second-order valence-electron chi connectivity index (χ2n) is 6.06. The van der Waals surface area contributed by atoms with Crippen molar-refractivity contribution in [2.24, 2.45) is 5.92 Å². The van der Waals surface area contributed by atoms with Gasteiger partial charge in [0.15, 0.2) is 0 Å². The zero-order valence-corrected chi connectivity index (χ0v) is 13.8. The molecule has 122 valence electrons. The number of rotatable bonds is 3. The van der Waals surface area contributed by atoms with Crippen LogP contribution < -0.4 is 4.90 Å². The minimum atomic E-state index is -3.41. The molecule has 0 radical (unpaired) electrons. The van der Waals surface area contributed by atoms with Crippen molar-refractivity contribution in [3.63, 3.8) is 0 Å². The third-order valence-corrected chi connectivity index (χ3v) is 6.16. The Kier molecular flexibility index (Phi) is 4.65. The largest absolute Gasteiger partial charge is 0.378 e. The lowest BCUT2D eigenvalue weighted by molar-refractivity contribution is 0.122. The molecule has 1 aromatic heterocycles. The summed E-state index contributed by atoms with van der Waals surface area (Å²) in [5, 5.41) is 0. The molecule has 3 rings (SSSR count). The van der Waals surface area contributed by atoms with E-state index < -0.39 is 10.0 Å². The summed E-state index contributed by atoms with van der Waals surface area (Å²) in [6, 6.07) is 3.47. The predicted octanol–water partition coefficient (Wildman–Crippen LogP) is 1.34. The van der Waals surface area contributed by atoms with Crippen molar-refractivity contribution in [3.05, 3.63) is 18.3 Å². The fourth-order valence-corrected chi connectivity index (χ4v) is 4.56. The van der Waals surface area contributed by atoms with E-state index in [2.05, 4.69) is 16.8 Å². The first-order valence-corrected chi connectivity index (χ1v) is 9.30.